The van der Waals surface area contributed by atoms with Crippen LogP contribution in [0, 0.1) is 0 Å². The second-order valence-corrected chi connectivity index (χ2v) is 3.96. The molecule has 0 fully saturated rings. The molecule has 16 heavy (non-hydrogen) atoms. The van der Waals surface area contributed by atoms with Gasteiger partial charge in [-0.1, -0.05) is 23.8 Å². The van der Waals surface area contributed by atoms with Crippen molar-refractivity contribution in [3.05, 3.63) is 48.2 Å². The summed E-state index contributed by atoms with van der Waals surface area (Å²) in [6.45, 7) is 4.71. The Morgan fingerprint density at radius 3 is 2.94 bits per heavy atom. The van der Waals surface area contributed by atoms with Gasteiger partial charge in [-0.2, -0.15) is 0 Å². The van der Waals surface area contributed by atoms with Gasteiger partial charge in [-0.25, -0.2) is 0 Å². The maximum Gasteiger partial charge on any atom is 0.138 e. The van der Waals surface area contributed by atoms with Crippen molar-refractivity contribution in [1.82, 2.24) is 4.98 Å². The van der Waals surface area contributed by atoms with Crippen LogP contribution in [0.4, 0.5) is 0 Å². The minimum Gasteiger partial charge on any atom is -0.488 e. The number of para-hydroxylation sites is 1. The molecule has 0 saturated heterocycles. The lowest BCUT2D eigenvalue weighted by Crippen LogP contribution is -1.94. The zero-order chi connectivity index (χ0) is 11.4. The molecule has 0 amide bonds. The van der Waals surface area contributed by atoms with Crippen LogP contribution in [-0.2, 0) is 0 Å². The maximum atomic E-state index is 5.59. The lowest BCUT2D eigenvalue weighted by molar-refractivity contribution is 0.361. The Kier molecular flexibility index (Phi) is 3.20. The predicted octanol–water partition coefficient (Wildman–Crippen LogP) is 3.58. The van der Waals surface area contributed by atoms with Gasteiger partial charge < -0.3 is 4.74 Å². The third-order valence-corrected chi connectivity index (χ3v) is 2.31. The summed E-state index contributed by atoms with van der Waals surface area (Å²) < 4.78 is 5.59. The van der Waals surface area contributed by atoms with Crippen LogP contribution < -0.4 is 4.74 Å². The number of ether oxygens (including phenoxy) is 1. The summed E-state index contributed by atoms with van der Waals surface area (Å²) >= 11 is 0. The van der Waals surface area contributed by atoms with E-state index in [2.05, 4.69) is 24.9 Å². The molecule has 1 aromatic carbocycles. The molecule has 2 rings (SSSR count). The molecule has 2 aromatic rings. The van der Waals surface area contributed by atoms with Gasteiger partial charge in [0.25, 0.3) is 0 Å². The Balaban J connectivity index is 2.16. The zero-order valence-corrected chi connectivity index (χ0v) is 9.60. The van der Waals surface area contributed by atoms with Crippen LogP contribution in [0.5, 0.6) is 5.75 Å². The monoisotopic (exact) mass is 213 g/mol. The Bertz CT molecular complexity index is 513. The van der Waals surface area contributed by atoms with Gasteiger partial charge in [0, 0.05) is 5.39 Å². The topological polar surface area (TPSA) is 22.1 Å². The second kappa shape index (κ2) is 4.79. The van der Waals surface area contributed by atoms with Crippen molar-refractivity contribution in [3.8, 4) is 5.75 Å². The van der Waals surface area contributed by atoms with E-state index < -0.39 is 0 Å². The van der Waals surface area contributed by atoms with Crippen LogP contribution in [0.1, 0.15) is 13.8 Å². The summed E-state index contributed by atoms with van der Waals surface area (Å²) in [5.41, 5.74) is 2.26. The van der Waals surface area contributed by atoms with Crippen LogP contribution in [0.2, 0.25) is 0 Å². The highest BCUT2D eigenvalue weighted by Gasteiger charge is 1.96. The van der Waals surface area contributed by atoms with E-state index in [1.807, 2.05) is 30.3 Å². The smallest absolute Gasteiger partial charge is 0.138 e. The first-order valence-electron chi connectivity index (χ1n) is 5.36. The number of allylic oxidation sites excluding steroid dienone is 1. The van der Waals surface area contributed by atoms with Crippen molar-refractivity contribution in [2.45, 2.75) is 13.8 Å². The normalized spacial score (nSPS) is 10.1. The summed E-state index contributed by atoms with van der Waals surface area (Å²) in [6, 6.07) is 10.0. The molecular formula is C14H15NO. The molecule has 0 radical (unpaired) electrons. The molecule has 0 bridgehead atoms. The van der Waals surface area contributed by atoms with Gasteiger partial charge in [-0.3, -0.25) is 4.98 Å². The molecule has 0 atom stereocenters. The largest absolute Gasteiger partial charge is 0.488 e. The van der Waals surface area contributed by atoms with Crippen molar-refractivity contribution in [3.63, 3.8) is 0 Å². The zero-order valence-electron chi connectivity index (χ0n) is 9.60. The molecule has 1 heterocycles. The van der Waals surface area contributed by atoms with E-state index in [9.17, 15) is 0 Å². The van der Waals surface area contributed by atoms with Gasteiger partial charge in [-0.05, 0) is 32.1 Å². The number of nitrogens with zero attached hydrogens (tertiary/aromatic N) is 1. The first kappa shape index (κ1) is 10.7. The highest BCUT2D eigenvalue weighted by atomic mass is 16.5. The SMILES string of the molecule is CC(C)=CCOc1cnc2ccccc2c1. The second-order valence-electron chi connectivity index (χ2n) is 3.96. The quantitative estimate of drug-likeness (QED) is 0.727. The van der Waals surface area contributed by atoms with Crippen molar-refractivity contribution >= 4 is 10.9 Å². The number of hydrogen-bond donors (Lipinski definition) is 0. The molecule has 0 unspecified atom stereocenters. The number of fused-ring (bicyclic) bond motifs is 1. The van der Waals surface area contributed by atoms with E-state index in [-0.39, 0.29) is 0 Å². The van der Waals surface area contributed by atoms with E-state index in [1.165, 1.54) is 5.57 Å². The van der Waals surface area contributed by atoms with Gasteiger partial charge in [0.05, 0.1) is 11.7 Å². The summed E-state index contributed by atoms with van der Waals surface area (Å²) in [7, 11) is 0. The predicted molar refractivity (Wildman–Crippen MR) is 66.7 cm³/mol. The highest BCUT2D eigenvalue weighted by molar-refractivity contribution is 5.79. The fourth-order valence-electron chi connectivity index (χ4n) is 1.43. The molecule has 0 aliphatic heterocycles. The van der Waals surface area contributed by atoms with Gasteiger partial charge >= 0.3 is 0 Å². The minimum absolute atomic E-state index is 0.600. The lowest BCUT2D eigenvalue weighted by atomic mass is 10.2. The standard InChI is InChI=1S/C14H15NO/c1-11(2)7-8-16-13-9-12-5-3-4-6-14(12)15-10-13/h3-7,9-10H,8H2,1-2H3. The van der Waals surface area contributed by atoms with E-state index in [4.69, 9.17) is 4.74 Å². The van der Waals surface area contributed by atoms with Gasteiger partial charge in [0.2, 0.25) is 0 Å². The first-order chi connectivity index (χ1) is 7.75. The van der Waals surface area contributed by atoms with Crippen molar-refractivity contribution in [1.29, 1.82) is 0 Å². The lowest BCUT2D eigenvalue weighted by Gasteiger charge is -2.04. The van der Waals surface area contributed by atoms with Crippen LogP contribution in [0.3, 0.4) is 0 Å². The summed E-state index contributed by atoms with van der Waals surface area (Å²) in [5.74, 6) is 0.816. The number of pyridine rings is 1. The minimum atomic E-state index is 0.600. The fraction of sp³-hybridized carbons (Fsp3) is 0.214. The average Bonchev–Trinajstić information content (AvgIpc) is 2.28. The Morgan fingerprint density at radius 1 is 1.31 bits per heavy atom. The molecule has 1 aromatic heterocycles. The van der Waals surface area contributed by atoms with E-state index in [1.54, 1.807) is 6.20 Å². The highest BCUT2D eigenvalue weighted by Crippen LogP contribution is 2.17. The van der Waals surface area contributed by atoms with Crippen LogP contribution in [0.25, 0.3) is 10.9 Å². The van der Waals surface area contributed by atoms with Crippen LogP contribution >= 0.6 is 0 Å². The Labute approximate surface area is 95.6 Å². The third-order valence-electron chi connectivity index (χ3n) is 2.31. The molecule has 82 valence electrons. The molecule has 0 aliphatic rings. The summed E-state index contributed by atoms with van der Waals surface area (Å²) in [5, 5.41) is 1.11. The summed E-state index contributed by atoms with van der Waals surface area (Å²) in [6.07, 6.45) is 3.82. The maximum absolute atomic E-state index is 5.59. The third kappa shape index (κ3) is 2.60. The number of hydrogen-bond acceptors (Lipinski definition) is 2. The molecular weight excluding hydrogens is 198 g/mol. The molecule has 2 nitrogen and oxygen atoms in total. The van der Waals surface area contributed by atoms with E-state index >= 15 is 0 Å². The molecule has 0 N–H and O–H groups in total. The van der Waals surface area contributed by atoms with Crippen molar-refractivity contribution in [2.75, 3.05) is 6.61 Å². The first-order valence-corrected chi connectivity index (χ1v) is 5.36. The molecule has 0 spiro atoms. The molecule has 2 heteroatoms. The van der Waals surface area contributed by atoms with Crippen molar-refractivity contribution in [2.24, 2.45) is 0 Å². The Morgan fingerprint density at radius 2 is 2.12 bits per heavy atom. The van der Waals surface area contributed by atoms with Crippen molar-refractivity contribution < 1.29 is 4.74 Å². The number of benzene rings is 1. The van der Waals surface area contributed by atoms with Gasteiger partial charge in [0.1, 0.15) is 12.4 Å². The molecule has 0 saturated carbocycles. The summed E-state index contributed by atoms with van der Waals surface area (Å²) in [4.78, 5) is 4.33. The van der Waals surface area contributed by atoms with E-state index in [0.29, 0.717) is 6.61 Å². The van der Waals surface area contributed by atoms with Crippen LogP contribution in [-0.4, -0.2) is 11.6 Å². The number of aromatic nitrogens is 1. The fourth-order valence-corrected chi connectivity index (χ4v) is 1.43. The van der Waals surface area contributed by atoms with Gasteiger partial charge in [0.15, 0.2) is 0 Å². The van der Waals surface area contributed by atoms with Gasteiger partial charge in [-0.15, -0.1) is 0 Å². The average molecular weight is 213 g/mol. The Hall–Kier alpha value is -1.83. The molecule has 0 aliphatic carbocycles. The van der Waals surface area contributed by atoms with E-state index in [0.717, 1.165) is 16.7 Å². The van der Waals surface area contributed by atoms with Crippen LogP contribution in [0.15, 0.2) is 48.2 Å². The number of rotatable bonds is 3.